The van der Waals surface area contributed by atoms with E-state index in [2.05, 4.69) is 43.9 Å². The summed E-state index contributed by atoms with van der Waals surface area (Å²) in [5.41, 5.74) is 3.72. The second kappa shape index (κ2) is 36.3. The zero-order valence-electron chi connectivity index (χ0n) is 36.6. The van der Waals surface area contributed by atoms with Gasteiger partial charge in [-0.05, 0) is 36.6 Å². The maximum atomic E-state index is 6.39. The number of hydrogen-bond acceptors (Lipinski definition) is 2. The van der Waals surface area contributed by atoms with Gasteiger partial charge in [0.15, 0.2) is 0 Å². The van der Waals surface area contributed by atoms with Crippen LogP contribution in [0, 0.1) is 24.7 Å². The first kappa shape index (κ1) is 49.0. The number of ether oxygens (including phenoxy) is 2. The van der Waals surface area contributed by atoms with Gasteiger partial charge < -0.3 is 9.47 Å². The monoisotopic (exact) mass is 765 g/mol. The highest BCUT2D eigenvalue weighted by atomic mass is 16.5. The maximum Gasteiger partial charge on any atom is 0.135 e. The fraction of sp³-hybridized carbons (Fsp3) is 0.667. The van der Waals surface area contributed by atoms with Gasteiger partial charge in [-0.1, -0.05) is 243 Å². The lowest BCUT2D eigenvalue weighted by molar-refractivity contribution is 0.295. The average molecular weight is 765 g/mol. The number of hydrogen-bond donors (Lipinski definition) is 0. The molecule has 0 atom stereocenters. The Labute approximate surface area is 347 Å². The van der Waals surface area contributed by atoms with Crippen molar-refractivity contribution in [1.82, 2.24) is 0 Å². The summed E-state index contributed by atoms with van der Waals surface area (Å²) in [6.45, 7) is 5.96. The van der Waals surface area contributed by atoms with Crippen molar-refractivity contribution in [2.24, 2.45) is 0 Å². The summed E-state index contributed by atoms with van der Waals surface area (Å²) < 4.78 is 12.7. The number of benzene rings is 2. The quantitative estimate of drug-likeness (QED) is 0.0385. The molecule has 2 heteroatoms. The van der Waals surface area contributed by atoms with Crippen LogP contribution in [0.25, 0.3) is 12.2 Å². The third-order valence-electron chi connectivity index (χ3n) is 11.3. The molecule has 0 bridgehead atoms. The summed E-state index contributed by atoms with van der Waals surface area (Å²) in [5, 5.41) is 0. The molecule has 2 aromatic rings. The summed E-state index contributed by atoms with van der Waals surface area (Å²) in [4.78, 5) is 0. The second-order valence-corrected chi connectivity index (χ2v) is 16.4. The van der Waals surface area contributed by atoms with Gasteiger partial charge in [0.25, 0.3) is 0 Å². The minimum atomic E-state index is 0.684. The molecule has 0 aliphatic rings. The van der Waals surface area contributed by atoms with Crippen LogP contribution in [0.2, 0.25) is 0 Å². The largest absolute Gasteiger partial charge is 0.493 e. The molecule has 0 saturated heterocycles. The van der Waals surface area contributed by atoms with Gasteiger partial charge in [0.2, 0.25) is 0 Å². The van der Waals surface area contributed by atoms with Crippen molar-refractivity contribution in [2.75, 3.05) is 13.2 Å². The smallest absolute Gasteiger partial charge is 0.135 e. The molecule has 2 aromatic carbocycles. The van der Waals surface area contributed by atoms with Gasteiger partial charge in [-0.25, -0.2) is 0 Å². The summed E-state index contributed by atoms with van der Waals surface area (Å²) >= 11 is 0. The van der Waals surface area contributed by atoms with E-state index in [4.69, 9.17) is 22.3 Å². The molecule has 56 heavy (non-hydrogen) atoms. The van der Waals surface area contributed by atoms with Gasteiger partial charge in [0.05, 0.1) is 18.8 Å². The third-order valence-corrected chi connectivity index (χ3v) is 11.3. The predicted octanol–water partition coefficient (Wildman–Crippen LogP) is 17.1. The van der Waals surface area contributed by atoms with Crippen LogP contribution >= 0.6 is 0 Å². The molecule has 0 radical (unpaired) electrons. The van der Waals surface area contributed by atoms with Crippen LogP contribution < -0.4 is 9.47 Å². The molecular formula is C54H84O2. The van der Waals surface area contributed by atoms with Crippen LogP contribution in [0.15, 0.2) is 36.4 Å². The van der Waals surface area contributed by atoms with E-state index in [-0.39, 0.29) is 0 Å². The van der Waals surface area contributed by atoms with E-state index in [0.717, 1.165) is 46.6 Å². The van der Waals surface area contributed by atoms with E-state index in [1.807, 2.05) is 30.3 Å². The molecule has 0 saturated carbocycles. The molecule has 0 amide bonds. The van der Waals surface area contributed by atoms with E-state index in [1.165, 1.54) is 193 Å². The third kappa shape index (κ3) is 25.9. The van der Waals surface area contributed by atoms with Gasteiger partial charge in [-0.15, -0.1) is 12.8 Å². The normalized spacial score (nSPS) is 11.2. The van der Waals surface area contributed by atoms with Crippen molar-refractivity contribution in [3.05, 3.63) is 58.7 Å². The van der Waals surface area contributed by atoms with Crippen LogP contribution in [0.4, 0.5) is 0 Å². The van der Waals surface area contributed by atoms with Crippen molar-refractivity contribution in [3.8, 4) is 36.2 Å². The predicted molar refractivity (Wildman–Crippen MR) is 248 cm³/mol. The fourth-order valence-corrected chi connectivity index (χ4v) is 7.60. The van der Waals surface area contributed by atoms with Crippen molar-refractivity contribution < 1.29 is 9.47 Å². The Morgan fingerprint density at radius 3 is 1.12 bits per heavy atom. The van der Waals surface area contributed by atoms with Crippen molar-refractivity contribution in [2.45, 2.75) is 219 Å². The Kier molecular flexibility index (Phi) is 31.8. The molecule has 2 rings (SSSR count). The van der Waals surface area contributed by atoms with Gasteiger partial charge in [-0.3, -0.25) is 0 Å². The molecule has 0 unspecified atom stereocenters. The van der Waals surface area contributed by atoms with Gasteiger partial charge in [0, 0.05) is 17.2 Å². The zero-order chi connectivity index (χ0) is 40.0. The molecule has 0 heterocycles. The van der Waals surface area contributed by atoms with Crippen molar-refractivity contribution >= 4 is 12.2 Å². The lowest BCUT2D eigenvalue weighted by Gasteiger charge is -2.14. The number of unbranched alkanes of at least 4 members (excludes halogenated alkanes) is 30. The van der Waals surface area contributed by atoms with Crippen LogP contribution in [0.1, 0.15) is 242 Å². The molecule has 0 aromatic heterocycles. The Morgan fingerprint density at radius 1 is 0.411 bits per heavy atom. The molecule has 0 aliphatic carbocycles. The highest BCUT2D eigenvalue weighted by Crippen LogP contribution is 2.31. The van der Waals surface area contributed by atoms with Gasteiger partial charge >= 0.3 is 0 Å². The number of rotatable bonds is 38. The van der Waals surface area contributed by atoms with Gasteiger partial charge in [-0.2, -0.15) is 0 Å². The lowest BCUT2D eigenvalue weighted by atomic mass is 10.0. The standard InChI is InChI=1S/C54H84O2/c1-5-9-11-13-15-17-19-21-23-25-27-29-31-33-35-37-45-55-53-48-52(44-43-50-41-39-49(7-3)40-42-50)54(47-51(53)8-4)56-46-38-36-34-32-30-28-26-24-22-20-18-16-14-12-10-6-2/h3-4,39-44,47-48H,5-6,9-38,45-46H2,1-2H3/b44-43+. The highest BCUT2D eigenvalue weighted by Gasteiger charge is 2.11. The highest BCUT2D eigenvalue weighted by molar-refractivity contribution is 5.75. The van der Waals surface area contributed by atoms with E-state index in [0.29, 0.717) is 13.2 Å². The zero-order valence-corrected chi connectivity index (χ0v) is 36.6. The summed E-state index contributed by atoms with van der Waals surface area (Å²) in [7, 11) is 0. The first-order valence-electron chi connectivity index (χ1n) is 23.9. The Morgan fingerprint density at radius 2 is 0.768 bits per heavy atom. The average Bonchev–Trinajstić information content (AvgIpc) is 3.22. The minimum absolute atomic E-state index is 0.684. The van der Waals surface area contributed by atoms with Crippen molar-refractivity contribution in [3.63, 3.8) is 0 Å². The van der Waals surface area contributed by atoms with E-state index in [1.54, 1.807) is 0 Å². The summed E-state index contributed by atoms with van der Waals surface area (Å²) in [6, 6.07) is 12.1. The molecular weight excluding hydrogens is 681 g/mol. The van der Waals surface area contributed by atoms with Crippen LogP contribution in [0.5, 0.6) is 11.5 Å². The van der Waals surface area contributed by atoms with Crippen LogP contribution in [-0.4, -0.2) is 13.2 Å². The summed E-state index contributed by atoms with van der Waals surface area (Å²) in [5.74, 6) is 7.16. The molecule has 0 spiro atoms. The van der Waals surface area contributed by atoms with Crippen LogP contribution in [0.3, 0.4) is 0 Å². The SMILES string of the molecule is C#Cc1ccc(/C=C/c2cc(OCCCCCCCCCCCCCCCCCC)c(C#C)cc2OCCCCCCCCCCCCCCCCCC)cc1. The minimum Gasteiger partial charge on any atom is -0.493 e. The van der Waals surface area contributed by atoms with E-state index < -0.39 is 0 Å². The van der Waals surface area contributed by atoms with E-state index in [9.17, 15) is 0 Å². The Balaban J connectivity index is 1.69. The fourth-order valence-electron chi connectivity index (χ4n) is 7.60. The van der Waals surface area contributed by atoms with Crippen molar-refractivity contribution in [1.29, 1.82) is 0 Å². The molecule has 0 aliphatic heterocycles. The first-order valence-corrected chi connectivity index (χ1v) is 23.9. The van der Waals surface area contributed by atoms with Crippen LogP contribution in [-0.2, 0) is 0 Å². The summed E-state index contributed by atoms with van der Waals surface area (Å²) in [6.07, 6.45) is 59.3. The molecule has 312 valence electrons. The Hall–Kier alpha value is -3.10. The lowest BCUT2D eigenvalue weighted by Crippen LogP contribution is -2.03. The Bertz CT molecular complexity index is 1310. The molecule has 2 nitrogen and oxygen atoms in total. The second-order valence-electron chi connectivity index (χ2n) is 16.4. The topological polar surface area (TPSA) is 18.5 Å². The maximum absolute atomic E-state index is 6.39. The van der Waals surface area contributed by atoms with Gasteiger partial charge in [0.1, 0.15) is 11.5 Å². The molecule has 0 N–H and O–H groups in total. The first-order chi connectivity index (χ1) is 27.7. The van der Waals surface area contributed by atoms with E-state index >= 15 is 0 Å². The number of terminal acetylenes is 2. The molecule has 0 fully saturated rings.